The summed E-state index contributed by atoms with van der Waals surface area (Å²) in [6, 6.07) is 10.1. The Kier molecular flexibility index (Phi) is 6.21. The normalized spacial score (nSPS) is 11.6. The summed E-state index contributed by atoms with van der Waals surface area (Å²) in [4.78, 5) is 12.7. The number of benzene rings is 2. The number of carbonyl (C=O) groups is 1. The molecule has 0 aromatic heterocycles. The van der Waals surface area contributed by atoms with Gasteiger partial charge in [0.1, 0.15) is 0 Å². The molecule has 5 nitrogen and oxygen atoms in total. The Morgan fingerprint density at radius 1 is 0.962 bits per heavy atom. The average molecular weight is 375 g/mol. The van der Waals surface area contributed by atoms with Crippen LogP contribution in [0.4, 0.5) is 5.69 Å². The Morgan fingerprint density at radius 2 is 1.46 bits per heavy atom. The van der Waals surface area contributed by atoms with E-state index >= 15 is 0 Å². The number of nitrogens with zero attached hydrogens (tertiary/aromatic N) is 1. The summed E-state index contributed by atoms with van der Waals surface area (Å²) in [7, 11) is -3.52. The molecule has 2 aromatic carbocycles. The van der Waals surface area contributed by atoms with E-state index in [0.29, 0.717) is 18.7 Å². The molecule has 1 N–H and O–H groups in total. The predicted molar refractivity (Wildman–Crippen MR) is 105 cm³/mol. The molecule has 0 spiro atoms. The van der Waals surface area contributed by atoms with Crippen molar-refractivity contribution in [1.82, 2.24) is 4.31 Å². The lowest BCUT2D eigenvalue weighted by Crippen LogP contribution is -2.30. The molecule has 0 heterocycles. The van der Waals surface area contributed by atoms with E-state index in [0.717, 1.165) is 22.4 Å². The standard InChI is InChI=1S/C20H26N2O3S/c1-6-22(7-2)26(24,25)18-10-8-17(9-11-18)20(23)21-19-15(4)12-14(3)13-16(19)5/h8-13H,6-7H2,1-5H3,(H,21,23). The van der Waals surface area contributed by atoms with Gasteiger partial charge in [-0.15, -0.1) is 0 Å². The molecule has 140 valence electrons. The lowest BCUT2D eigenvalue weighted by Gasteiger charge is -2.18. The van der Waals surface area contributed by atoms with Gasteiger partial charge in [0.15, 0.2) is 0 Å². The number of aryl methyl sites for hydroxylation is 3. The van der Waals surface area contributed by atoms with Crippen LogP contribution in [-0.2, 0) is 10.0 Å². The number of rotatable bonds is 6. The third kappa shape index (κ3) is 4.14. The number of nitrogens with one attached hydrogen (secondary N) is 1. The van der Waals surface area contributed by atoms with Crippen LogP contribution in [0.3, 0.4) is 0 Å². The first-order valence-electron chi connectivity index (χ1n) is 8.70. The lowest BCUT2D eigenvalue weighted by atomic mass is 10.0. The number of hydrogen-bond acceptors (Lipinski definition) is 3. The van der Waals surface area contributed by atoms with E-state index < -0.39 is 10.0 Å². The topological polar surface area (TPSA) is 66.5 Å². The minimum absolute atomic E-state index is 0.195. The molecule has 0 saturated heterocycles. The highest BCUT2D eigenvalue weighted by Crippen LogP contribution is 2.23. The van der Waals surface area contributed by atoms with Gasteiger partial charge in [0.2, 0.25) is 10.0 Å². The summed E-state index contributed by atoms with van der Waals surface area (Å²) in [5.41, 5.74) is 4.35. The average Bonchev–Trinajstić information content (AvgIpc) is 2.58. The van der Waals surface area contributed by atoms with Crippen molar-refractivity contribution in [3.8, 4) is 0 Å². The number of sulfonamides is 1. The van der Waals surface area contributed by atoms with Crippen molar-refractivity contribution in [3.05, 3.63) is 58.7 Å². The number of hydrogen-bond donors (Lipinski definition) is 1. The molecule has 0 saturated carbocycles. The Labute approximate surface area is 156 Å². The van der Waals surface area contributed by atoms with Crippen LogP contribution in [0, 0.1) is 20.8 Å². The first-order chi connectivity index (χ1) is 12.2. The van der Waals surface area contributed by atoms with Gasteiger partial charge >= 0.3 is 0 Å². The maximum atomic E-state index is 12.5. The minimum atomic E-state index is -3.52. The molecule has 0 radical (unpaired) electrons. The molecule has 0 fully saturated rings. The fourth-order valence-corrected chi connectivity index (χ4v) is 4.51. The van der Waals surface area contributed by atoms with Crippen molar-refractivity contribution < 1.29 is 13.2 Å². The molecule has 1 amide bonds. The maximum Gasteiger partial charge on any atom is 0.255 e. The summed E-state index contributed by atoms with van der Waals surface area (Å²) in [6.45, 7) is 10.3. The van der Waals surface area contributed by atoms with Crippen LogP contribution < -0.4 is 5.32 Å². The smallest absolute Gasteiger partial charge is 0.255 e. The van der Waals surface area contributed by atoms with E-state index in [1.165, 1.54) is 16.4 Å². The molecule has 0 unspecified atom stereocenters. The van der Waals surface area contributed by atoms with Gasteiger partial charge in [-0.2, -0.15) is 4.31 Å². The van der Waals surface area contributed by atoms with Crippen LogP contribution in [0.5, 0.6) is 0 Å². The number of carbonyl (C=O) groups excluding carboxylic acids is 1. The van der Waals surface area contributed by atoms with Crippen molar-refractivity contribution in [2.75, 3.05) is 18.4 Å². The molecule has 0 aliphatic rings. The summed E-state index contributed by atoms with van der Waals surface area (Å²) in [5, 5.41) is 2.93. The van der Waals surface area contributed by atoms with Gasteiger partial charge in [0.25, 0.3) is 5.91 Å². The minimum Gasteiger partial charge on any atom is -0.322 e. The SMILES string of the molecule is CCN(CC)S(=O)(=O)c1ccc(C(=O)Nc2c(C)cc(C)cc2C)cc1. The highest BCUT2D eigenvalue weighted by atomic mass is 32.2. The maximum absolute atomic E-state index is 12.5. The van der Waals surface area contributed by atoms with Crippen LogP contribution in [0.1, 0.15) is 40.9 Å². The highest BCUT2D eigenvalue weighted by Gasteiger charge is 2.21. The zero-order chi connectivity index (χ0) is 19.5. The van der Waals surface area contributed by atoms with Crippen LogP contribution in [-0.4, -0.2) is 31.7 Å². The van der Waals surface area contributed by atoms with Crippen molar-refractivity contribution in [2.45, 2.75) is 39.5 Å². The lowest BCUT2D eigenvalue weighted by molar-refractivity contribution is 0.102. The van der Waals surface area contributed by atoms with E-state index in [1.54, 1.807) is 26.0 Å². The van der Waals surface area contributed by atoms with E-state index in [2.05, 4.69) is 5.32 Å². The van der Waals surface area contributed by atoms with E-state index in [1.807, 2.05) is 32.9 Å². The molecule has 0 bridgehead atoms. The Bertz CT molecular complexity index is 876. The predicted octanol–water partition coefficient (Wildman–Crippen LogP) is 3.89. The largest absolute Gasteiger partial charge is 0.322 e. The molecule has 6 heteroatoms. The second-order valence-corrected chi connectivity index (χ2v) is 8.28. The fraction of sp³-hybridized carbons (Fsp3) is 0.350. The van der Waals surface area contributed by atoms with Crippen molar-refractivity contribution >= 4 is 21.6 Å². The first kappa shape index (κ1) is 20.1. The third-order valence-electron chi connectivity index (χ3n) is 4.38. The first-order valence-corrected chi connectivity index (χ1v) is 10.1. The fourth-order valence-electron chi connectivity index (χ4n) is 3.05. The van der Waals surface area contributed by atoms with Crippen LogP contribution >= 0.6 is 0 Å². The summed E-state index contributed by atoms with van der Waals surface area (Å²) >= 11 is 0. The Hall–Kier alpha value is -2.18. The van der Waals surface area contributed by atoms with Gasteiger partial charge in [-0.25, -0.2) is 8.42 Å². The monoisotopic (exact) mass is 374 g/mol. The summed E-state index contributed by atoms with van der Waals surface area (Å²) in [6.07, 6.45) is 0. The van der Waals surface area contributed by atoms with Gasteiger partial charge < -0.3 is 5.32 Å². The van der Waals surface area contributed by atoms with Crippen molar-refractivity contribution in [1.29, 1.82) is 0 Å². The molecule has 2 rings (SSSR count). The van der Waals surface area contributed by atoms with E-state index in [4.69, 9.17) is 0 Å². The van der Waals surface area contributed by atoms with E-state index in [9.17, 15) is 13.2 Å². The zero-order valence-electron chi connectivity index (χ0n) is 16.0. The Balaban J connectivity index is 2.25. The van der Waals surface area contributed by atoms with Crippen molar-refractivity contribution in [2.24, 2.45) is 0 Å². The summed E-state index contributed by atoms with van der Waals surface area (Å²) < 4.78 is 26.4. The van der Waals surface area contributed by atoms with Crippen molar-refractivity contribution in [3.63, 3.8) is 0 Å². The second-order valence-electron chi connectivity index (χ2n) is 6.34. The van der Waals surface area contributed by atoms with Gasteiger partial charge in [-0.3, -0.25) is 4.79 Å². The van der Waals surface area contributed by atoms with Gasteiger partial charge in [-0.1, -0.05) is 31.5 Å². The number of anilines is 1. The van der Waals surface area contributed by atoms with Gasteiger partial charge in [-0.05, 0) is 56.2 Å². The molecule has 0 atom stereocenters. The Morgan fingerprint density at radius 3 is 1.92 bits per heavy atom. The molecule has 26 heavy (non-hydrogen) atoms. The zero-order valence-corrected chi connectivity index (χ0v) is 16.8. The summed E-state index contributed by atoms with van der Waals surface area (Å²) in [5.74, 6) is -0.258. The molecule has 2 aromatic rings. The van der Waals surface area contributed by atoms with E-state index in [-0.39, 0.29) is 10.8 Å². The van der Waals surface area contributed by atoms with Gasteiger partial charge in [0, 0.05) is 24.3 Å². The second kappa shape index (κ2) is 8.01. The van der Waals surface area contributed by atoms with Crippen LogP contribution in [0.25, 0.3) is 0 Å². The quantitative estimate of drug-likeness (QED) is 0.834. The van der Waals surface area contributed by atoms with Gasteiger partial charge in [0.05, 0.1) is 4.90 Å². The highest BCUT2D eigenvalue weighted by molar-refractivity contribution is 7.89. The molecular weight excluding hydrogens is 348 g/mol. The van der Waals surface area contributed by atoms with Crippen LogP contribution in [0.15, 0.2) is 41.3 Å². The van der Waals surface area contributed by atoms with Crippen LogP contribution in [0.2, 0.25) is 0 Å². The molecule has 0 aliphatic carbocycles. The number of amides is 1. The molecule has 0 aliphatic heterocycles. The molecular formula is C20H26N2O3S. The third-order valence-corrected chi connectivity index (χ3v) is 6.44.